The number of aryl methyl sites for hydroxylation is 1. The Morgan fingerprint density at radius 2 is 1.79 bits per heavy atom. The number of rotatable bonds is 4. The highest BCUT2D eigenvalue weighted by Gasteiger charge is 2.17. The molecule has 0 spiro atoms. The summed E-state index contributed by atoms with van der Waals surface area (Å²) >= 11 is 0. The van der Waals surface area contributed by atoms with Gasteiger partial charge in [0.05, 0.1) is 23.0 Å². The van der Waals surface area contributed by atoms with Crippen molar-refractivity contribution in [1.82, 2.24) is 19.4 Å². The largest absolute Gasteiger partial charge is 0.322 e. The van der Waals surface area contributed by atoms with Crippen LogP contribution in [0.4, 0.5) is 14.5 Å². The van der Waals surface area contributed by atoms with Crippen LogP contribution in [0.5, 0.6) is 0 Å². The first-order valence-corrected chi connectivity index (χ1v) is 10.1. The van der Waals surface area contributed by atoms with Gasteiger partial charge in [-0.25, -0.2) is 18.7 Å². The van der Waals surface area contributed by atoms with Gasteiger partial charge in [0.25, 0.3) is 5.91 Å². The summed E-state index contributed by atoms with van der Waals surface area (Å²) in [5.41, 5.74) is 3.75. The summed E-state index contributed by atoms with van der Waals surface area (Å²) in [6.45, 7) is 1.74. The molecule has 0 aliphatic heterocycles. The van der Waals surface area contributed by atoms with E-state index in [4.69, 9.17) is 0 Å². The van der Waals surface area contributed by atoms with E-state index in [1.54, 1.807) is 36.0 Å². The number of aromatic nitrogens is 4. The Bertz CT molecular complexity index is 1500. The topological polar surface area (TPSA) is 72.2 Å². The van der Waals surface area contributed by atoms with Gasteiger partial charge in [0.1, 0.15) is 11.5 Å². The van der Waals surface area contributed by atoms with Crippen molar-refractivity contribution in [3.05, 3.63) is 102 Å². The standard InChI is InChI=1S/C25H17F2N5O/c1-15-20(25(33)31-18-8-6-17(26)7-9-18)12-16(13-29-15)19-4-3-11-32-22(19)14-30-24(32)23-21(27)5-2-10-28-23/h2-14H,1H3,(H,31,33). The van der Waals surface area contributed by atoms with Gasteiger partial charge < -0.3 is 5.32 Å². The van der Waals surface area contributed by atoms with Crippen molar-refractivity contribution < 1.29 is 13.6 Å². The van der Waals surface area contributed by atoms with Crippen molar-refractivity contribution in [3.8, 4) is 22.6 Å². The van der Waals surface area contributed by atoms with Crippen LogP contribution in [0.2, 0.25) is 0 Å². The number of hydrogen-bond acceptors (Lipinski definition) is 4. The Hall–Kier alpha value is -4.46. The van der Waals surface area contributed by atoms with Gasteiger partial charge in [-0.2, -0.15) is 0 Å². The first-order chi connectivity index (χ1) is 16.0. The summed E-state index contributed by atoms with van der Waals surface area (Å²) in [4.78, 5) is 25.8. The van der Waals surface area contributed by atoms with E-state index < -0.39 is 5.82 Å². The van der Waals surface area contributed by atoms with Crippen LogP contribution in [0, 0.1) is 18.6 Å². The molecule has 6 nitrogen and oxygen atoms in total. The van der Waals surface area contributed by atoms with Crippen LogP contribution in [0.25, 0.3) is 28.2 Å². The monoisotopic (exact) mass is 441 g/mol. The summed E-state index contributed by atoms with van der Waals surface area (Å²) in [7, 11) is 0. The molecule has 5 aromatic rings. The summed E-state index contributed by atoms with van der Waals surface area (Å²) < 4.78 is 29.2. The minimum Gasteiger partial charge on any atom is -0.322 e. The van der Waals surface area contributed by atoms with Crippen LogP contribution in [-0.4, -0.2) is 25.3 Å². The number of fused-ring (bicyclic) bond motifs is 1. The molecule has 33 heavy (non-hydrogen) atoms. The molecule has 0 fully saturated rings. The fraction of sp³-hybridized carbons (Fsp3) is 0.0400. The fourth-order valence-corrected chi connectivity index (χ4v) is 3.63. The van der Waals surface area contributed by atoms with Gasteiger partial charge in [-0.3, -0.25) is 14.2 Å². The summed E-state index contributed by atoms with van der Waals surface area (Å²) in [6, 6.07) is 13.8. The molecule has 0 unspecified atom stereocenters. The average Bonchev–Trinajstić information content (AvgIpc) is 3.25. The number of nitrogens with one attached hydrogen (secondary N) is 1. The van der Waals surface area contributed by atoms with E-state index in [-0.39, 0.29) is 17.4 Å². The number of benzene rings is 1. The number of nitrogens with zero attached hydrogens (tertiary/aromatic N) is 4. The number of imidazole rings is 1. The Morgan fingerprint density at radius 1 is 0.970 bits per heavy atom. The molecule has 4 aromatic heterocycles. The number of pyridine rings is 3. The third-order valence-corrected chi connectivity index (χ3v) is 5.29. The quantitative estimate of drug-likeness (QED) is 0.411. The second-order valence-corrected chi connectivity index (χ2v) is 7.41. The van der Waals surface area contributed by atoms with Gasteiger partial charge >= 0.3 is 0 Å². The molecule has 8 heteroatoms. The lowest BCUT2D eigenvalue weighted by molar-refractivity contribution is 0.102. The van der Waals surface area contributed by atoms with Gasteiger partial charge in [-0.05, 0) is 55.5 Å². The SMILES string of the molecule is Cc1ncc(-c2cccn3c(-c4ncccc4F)ncc23)cc1C(=O)Nc1ccc(F)cc1. The first-order valence-electron chi connectivity index (χ1n) is 10.1. The molecule has 0 bridgehead atoms. The molecule has 0 radical (unpaired) electrons. The van der Waals surface area contributed by atoms with E-state index >= 15 is 0 Å². The molecule has 0 saturated heterocycles. The zero-order chi connectivity index (χ0) is 22.9. The van der Waals surface area contributed by atoms with Gasteiger partial charge in [0, 0.05) is 35.4 Å². The molecular weight excluding hydrogens is 424 g/mol. The van der Waals surface area contributed by atoms with Gasteiger partial charge in [0.2, 0.25) is 0 Å². The number of halogens is 2. The molecule has 1 amide bonds. The average molecular weight is 441 g/mol. The predicted octanol–water partition coefficient (Wildman–Crippen LogP) is 5.30. The molecule has 0 aliphatic rings. The van der Waals surface area contributed by atoms with Gasteiger partial charge in [0.15, 0.2) is 11.6 Å². The van der Waals surface area contributed by atoms with Crippen molar-refractivity contribution >= 4 is 17.1 Å². The van der Waals surface area contributed by atoms with Crippen molar-refractivity contribution in [2.45, 2.75) is 6.92 Å². The van der Waals surface area contributed by atoms with Gasteiger partial charge in [-0.15, -0.1) is 0 Å². The van der Waals surface area contributed by atoms with E-state index in [2.05, 4.69) is 20.3 Å². The summed E-state index contributed by atoms with van der Waals surface area (Å²) in [5, 5.41) is 2.76. The van der Waals surface area contributed by atoms with Crippen LogP contribution in [-0.2, 0) is 0 Å². The molecule has 1 aromatic carbocycles. The second kappa shape index (κ2) is 8.23. The second-order valence-electron chi connectivity index (χ2n) is 7.41. The Balaban J connectivity index is 1.55. The van der Waals surface area contributed by atoms with E-state index in [0.717, 1.165) is 5.56 Å². The maximum Gasteiger partial charge on any atom is 0.257 e. The maximum atomic E-state index is 14.3. The normalized spacial score (nSPS) is 11.0. The zero-order valence-electron chi connectivity index (χ0n) is 17.5. The number of hydrogen-bond donors (Lipinski definition) is 1. The van der Waals surface area contributed by atoms with Crippen molar-refractivity contribution in [1.29, 1.82) is 0 Å². The number of carbonyl (C=O) groups excluding carboxylic acids is 1. The van der Waals surface area contributed by atoms with E-state index in [0.29, 0.717) is 33.8 Å². The molecule has 162 valence electrons. The summed E-state index contributed by atoms with van der Waals surface area (Å²) in [5.74, 6) is -0.830. The minimum absolute atomic E-state index is 0.149. The van der Waals surface area contributed by atoms with Crippen molar-refractivity contribution in [2.75, 3.05) is 5.32 Å². The van der Waals surface area contributed by atoms with Gasteiger partial charge in [-0.1, -0.05) is 6.07 Å². The molecule has 0 saturated carbocycles. The molecule has 5 rings (SSSR count). The Kier molecular flexibility index (Phi) is 5.10. The highest BCUT2D eigenvalue weighted by atomic mass is 19.1. The number of anilines is 1. The van der Waals surface area contributed by atoms with Crippen LogP contribution in [0.15, 0.2) is 79.4 Å². The van der Waals surface area contributed by atoms with Crippen molar-refractivity contribution in [3.63, 3.8) is 0 Å². The third-order valence-electron chi connectivity index (χ3n) is 5.29. The van der Waals surface area contributed by atoms with Crippen LogP contribution < -0.4 is 5.32 Å². The van der Waals surface area contributed by atoms with E-state index in [9.17, 15) is 13.6 Å². The molecule has 4 heterocycles. The molecule has 1 N–H and O–H groups in total. The number of amides is 1. The third kappa shape index (κ3) is 3.82. The highest BCUT2D eigenvalue weighted by molar-refractivity contribution is 6.05. The highest BCUT2D eigenvalue weighted by Crippen LogP contribution is 2.29. The Labute approximate surface area is 187 Å². The van der Waals surface area contributed by atoms with Crippen molar-refractivity contribution in [2.24, 2.45) is 0 Å². The smallest absolute Gasteiger partial charge is 0.257 e. The first kappa shape index (κ1) is 20.4. The lowest BCUT2D eigenvalue weighted by Crippen LogP contribution is -2.14. The zero-order valence-corrected chi connectivity index (χ0v) is 17.5. The summed E-state index contributed by atoms with van der Waals surface area (Å²) in [6.07, 6.45) is 6.60. The molecule has 0 aliphatic carbocycles. The lowest BCUT2D eigenvalue weighted by Gasteiger charge is -2.11. The van der Waals surface area contributed by atoms with Crippen LogP contribution in [0.1, 0.15) is 16.1 Å². The van der Waals surface area contributed by atoms with Crippen LogP contribution >= 0.6 is 0 Å². The number of carbonyl (C=O) groups is 1. The molecule has 0 atom stereocenters. The van der Waals surface area contributed by atoms with E-state index in [1.807, 2.05) is 12.1 Å². The lowest BCUT2D eigenvalue weighted by atomic mass is 10.0. The Morgan fingerprint density at radius 3 is 2.58 bits per heavy atom. The minimum atomic E-state index is -0.466. The fourth-order valence-electron chi connectivity index (χ4n) is 3.63. The van der Waals surface area contributed by atoms with Crippen LogP contribution in [0.3, 0.4) is 0 Å². The maximum absolute atomic E-state index is 14.3. The predicted molar refractivity (Wildman–Crippen MR) is 121 cm³/mol. The van der Waals surface area contributed by atoms with E-state index in [1.165, 1.54) is 42.6 Å². The molecular formula is C25H17F2N5O.